The van der Waals surface area contributed by atoms with Gasteiger partial charge < -0.3 is 0 Å². The van der Waals surface area contributed by atoms with Gasteiger partial charge in [-0.05, 0) is 84.2 Å². The molecule has 2 saturated carbocycles. The summed E-state index contributed by atoms with van der Waals surface area (Å²) in [5, 5.41) is 2.20. The van der Waals surface area contributed by atoms with E-state index in [1.807, 2.05) is 18.2 Å². The molecule has 1 heteroatoms. The summed E-state index contributed by atoms with van der Waals surface area (Å²) < 4.78 is 14.6. The maximum Gasteiger partial charge on any atom is 0.127 e. The maximum absolute atomic E-state index is 14.6. The van der Waals surface area contributed by atoms with Crippen LogP contribution in [0, 0.1) is 23.6 Å². The van der Waals surface area contributed by atoms with Crippen LogP contribution in [-0.4, -0.2) is 0 Å². The molecule has 2 aromatic rings. The summed E-state index contributed by atoms with van der Waals surface area (Å²) in [6, 6.07) is 12.0. The van der Waals surface area contributed by atoms with E-state index in [2.05, 4.69) is 19.1 Å². The lowest BCUT2D eigenvalue weighted by atomic mass is 9.63. The highest BCUT2D eigenvalue weighted by molar-refractivity contribution is 5.83. The van der Waals surface area contributed by atoms with Crippen LogP contribution in [0.15, 0.2) is 36.4 Å². The molecule has 4 atom stereocenters. The lowest BCUT2D eigenvalue weighted by molar-refractivity contribution is 0.115. The molecule has 0 amide bonds. The number of hydrogen-bond donors (Lipinski definition) is 0. The molecule has 2 fully saturated rings. The summed E-state index contributed by atoms with van der Waals surface area (Å²) >= 11 is 0. The quantitative estimate of drug-likeness (QED) is 0.579. The second-order valence-corrected chi connectivity index (χ2v) is 7.84. The number of halogens is 1. The summed E-state index contributed by atoms with van der Waals surface area (Å²) in [6.45, 7) is 2.33. The Kier molecular flexibility index (Phi) is 4.13. The molecule has 0 spiro atoms. The first-order valence-electron chi connectivity index (χ1n) is 9.42. The Morgan fingerprint density at radius 2 is 1.61 bits per heavy atom. The highest BCUT2D eigenvalue weighted by Crippen LogP contribution is 2.48. The van der Waals surface area contributed by atoms with Crippen molar-refractivity contribution in [2.24, 2.45) is 17.8 Å². The number of fused-ring (bicyclic) bond motifs is 2. The van der Waals surface area contributed by atoms with Gasteiger partial charge in [-0.1, -0.05) is 44.0 Å². The second kappa shape index (κ2) is 6.26. The number of benzene rings is 2. The van der Waals surface area contributed by atoms with Gasteiger partial charge in [-0.3, -0.25) is 0 Å². The second-order valence-electron chi connectivity index (χ2n) is 7.84. The van der Waals surface area contributed by atoms with E-state index in [1.165, 1.54) is 50.3 Å². The van der Waals surface area contributed by atoms with Crippen molar-refractivity contribution in [2.75, 3.05) is 0 Å². The minimum Gasteiger partial charge on any atom is -0.207 e. The SMILES string of the molecule is CCC1CCC2CC(c3cc4ccccc4cc3F)CCC2C1. The van der Waals surface area contributed by atoms with Gasteiger partial charge in [0.1, 0.15) is 5.82 Å². The summed E-state index contributed by atoms with van der Waals surface area (Å²) in [7, 11) is 0. The molecule has 2 aromatic carbocycles. The van der Waals surface area contributed by atoms with Crippen LogP contribution in [0.3, 0.4) is 0 Å². The zero-order chi connectivity index (χ0) is 15.8. The van der Waals surface area contributed by atoms with Crippen LogP contribution in [0.5, 0.6) is 0 Å². The number of hydrogen-bond acceptors (Lipinski definition) is 0. The molecule has 0 N–H and O–H groups in total. The van der Waals surface area contributed by atoms with Crippen molar-refractivity contribution in [3.63, 3.8) is 0 Å². The van der Waals surface area contributed by atoms with Crippen LogP contribution in [0.25, 0.3) is 10.8 Å². The third kappa shape index (κ3) is 2.91. The average molecular weight is 310 g/mol. The monoisotopic (exact) mass is 310 g/mol. The van der Waals surface area contributed by atoms with Crippen molar-refractivity contribution in [1.29, 1.82) is 0 Å². The third-order valence-corrected chi connectivity index (χ3v) is 6.60. The minimum absolute atomic E-state index is 0.00870. The minimum atomic E-state index is 0.00870. The van der Waals surface area contributed by atoms with Crippen molar-refractivity contribution in [1.82, 2.24) is 0 Å². The zero-order valence-corrected chi connectivity index (χ0v) is 14.1. The highest BCUT2D eigenvalue weighted by atomic mass is 19.1. The first kappa shape index (κ1) is 15.2. The van der Waals surface area contributed by atoms with Crippen molar-refractivity contribution >= 4 is 10.8 Å². The first-order valence-corrected chi connectivity index (χ1v) is 9.42. The van der Waals surface area contributed by atoms with Crippen molar-refractivity contribution in [3.05, 3.63) is 47.8 Å². The van der Waals surface area contributed by atoms with E-state index >= 15 is 0 Å². The molecule has 0 aromatic heterocycles. The van der Waals surface area contributed by atoms with Crippen LogP contribution >= 0.6 is 0 Å². The molecule has 0 bridgehead atoms. The van der Waals surface area contributed by atoms with Gasteiger partial charge in [0, 0.05) is 0 Å². The molecular weight excluding hydrogens is 283 g/mol. The topological polar surface area (TPSA) is 0 Å². The van der Waals surface area contributed by atoms with E-state index < -0.39 is 0 Å². The maximum atomic E-state index is 14.6. The average Bonchev–Trinajstić information content (AvgIpc) is 2.60. The summed E-state index contributed by atoms with van der Waals surface area (Å²) in [5.41, 5.74) is 0.972. The molecule has 0 aliphatic heterocycles. The van der Waals surface area contributed by atoms with Gasteiger partial charge in [-0.25, -0.2) is 4.39 Å². The Labute approximate surface area is 139 Å². The van der Waals surface area contributed by atoms with Crippen molar-refractivity contribution in [3.8, 4) is 0 Å². The van der Waals surface area contributed by atoms with E-state index in [0.29, 0.717) is 5.92 Å². The van der Waals surface area contributed by atoms with Crippen molar-refractivity contribution in [2.45, 2.75) is 57.8 Å². The van der Waals surface area contributed by atoms with Crippen LogP contribution in [0.1, 0.15) is 63.4 Å². The fraction of sp³-hybridized carbons (Fsp3) is 0.545. The molecule has 4 unspecified atom stereocenters. The van der Waals surface area contributed by atoms with Gasteiger partial charge in [0.05, 0.1) is 0 Å². The normalized spacial score (nSPS) is 31.0. The summed E-state index contributed by atoms with van der Waals surface area (Å²) in [5.74, 6) is 3.13. The summed E-state index contributed by atoms with van der Waals surface area (Å²) in [4.78, 5) is 0. The third-order valence-electron chi connectivity index (χ3n) is 6.60. The Hall–Kier alpha value is -1.37. The smallest absolute Gasteiger partial charge is 0.127 e. The predicted molar refractivity (Wildman–Crippen MR) is 95.1 cm³/mol. The standard InChI is InChI=1S/C22H27F/c1-2-15-7-8-19-12-20(10-9-18(19)11-15)21-13-16-5-3-4-6-17(16)14-22(21)23/h3-6,13-15,18-20H,2,7-12H2,1H3. The lowest BCUT2D eigenvalue weighted by Crippen LogP contribution is -2.30. The molecule has 0 radical (unpaired) electrons. The fourth-order valence-corrected chi connectivity index (χ4v) is 5.18. The molecule has 0 nitrogen and oxygen atoms in total. The van der Waals surface area contributed by atoms with Crippen LogP contribution in [0.4, 0.5) is 4.39 Å². The van der Waals surface area contributed by atoms with Gasteiger partial charge in [0.25, 0.3) is 0 Å². The summed E-state index contributed by atoms with van der Waals surface area (Å²) in [6.07, 6.45) is 9.21. The zero-order valence-electron chi connectivity index (χ0n) is 14.1. The van der Waals surface area contributed by atoms with E-state index in [0.717, 1.165) is 28.7 Å². The first-order chi connectivity index (χ1) is 11.2. The van der Waals surface area contributed by atoms with Crippen LogP contribution in [-0.2, 0) is 0 Å². The van der Waals surface area contributed by atoms with E-state index in [-0.39, 0.29) is 5.82 Å². The Morgan fingerprint density at radius 3 is 2.39 bits per heavy atom. The van der Waals surface area contributed by atoms with Gasteiger partial charge in [-0.2, -0.15) is 0 Å². The molecule has 0 heterocycles. The lowest BCUT2D eigenvalue weighted by Gasteiger charge is -2.42. The van der Waals surface area contributed by atoms with Gasteiger partial charge in [0.2, 0.25) is 0 Å². The van der Waals surface area contributed by atoms with E-state index in [4.69, 9.17) is 0 Å². The molecule has 0 saturated heterocycles. The van der Waals surface area contributed by atoms with Gasteiger partial charge in [0.15, 0.2) is 0 Å². The predicted octanol–water partition coefficient (Wildman–Crippen LogP) is 6.69. The molecule has 122 valence electrons. The molecule has 2 aliphatic carbocycles. The Morgan fingerprint density at radius 1 is 0.913 bits per heavy atom. The Bertz CT molecular complexity index is 689. The molecule has 4 rings (SSSR count). The van der Waals surface area contributed by atoms with Crippen molar-refractivity contribution < 1.29 is 4.39 Å². The Balaban J connectivity index is 1.57. The van der Waals surface area contributed by atoms with E-state index in [1.54, 1.807) is 6.07 Å². The van der Waals surface area contributed by atoms with Crippen LogP contribution < -0.4 is 0 Å². The fourth-order valence-electron chi connectivity index (χ4n) is 5.18. The van der Waals surface area contributed by atoms with Crippen LogP contribution in [0.2, 0.25) is 0 Å². The molecule has 2 aliphatic rings. The highest BCUT2D eigenvalue weighted by Gasteiger charge is 2.36. The largest absolute Gasteiger partial charge is 0.207 e. The number of rotatable bonds is 2. The van der Waals surface area contributed by atoms with E-state index in [9.17, 15) is 4.39 Å². The molecule has 23 heavy (non-hydrogen) atoms. The molecular formula is C22H27F. The van der Waals surface area contributed by atoms with Gasteiger partial charge >= 0.3 is 0 Å². The van der Waals surface area contributed by atoms with Gasteiger partial charge in [-0.15, -0.1) is 0 Å².